The van der Waals surface area contributed by atoms with E-state index < -0.39 is 0 Å². The maximum atomic E-state index is 12.6. The molecule has 25 heavy (non-hydrogen) atoms. The lowest BCUT2D eigenvalue weighted by molar-refractivity contribution is -0.116. The summed E-state index contributed by atoms with van der Waals surface area (Å²) >= 11 is 0. The van der Waals surface area contributed by atoms with Crippen LogP contribution in [0.25, 0.3) is 10.9 Å². The topological polar surface area (TPSA) is 61.1 Å². The summed E-state index contributed by atoms with van der Waals surface area (Å²) in [4.78, 5) is 12.6. The lowest BCUT2D eigenvalue weighted by Crippen LogP contribution is -2.22. The van der Waals surface area contributed by atoms with Crippen LogP contribution in [0.2, 0.25) is 0 Å². The summed E-state index contributed by atoms with van der Waals surface area (Å²) in [6, 6.07) is 12.1. The van der Waals surface area contributed by atoms with Crippen LogP contribution in [0, 0.1) is 12.8 Å². The summed E-state index contributed by atoms with van der Waals surface area (Å²) < 4.78 is 9.32. The molecule has 0 bridgehead atoms. The Morgan fingerprint density at radius 1 is 1.36 bits per heavy atom. The Kier molecular flexibility index (Phi) is 4.28. The van der Waals surface area contributed by atoms with Gasteiger partial charge in [0, 0.05) is 36.3 Å². The molecule has 2 aromatic heterocycles. The van der Waals surface area contributed by atoms with E-state index in [1.807, 2.05) is 40.4 Å². The second-order valence-electron chi connectivity index (χ2n) is 6.61. The van der Waals surface area contributed by atoms with Crippen LogP contribution in [0.5, 0.6) is 0 Å². The minimum atomic E-state index is -0.0473. The fraction of sp³-hybridized carbons (Fsp3) is 0.368. The number of nitrogens with zero attached hydrogens (tertiary/aromatic N) is 3. The number of benzene rings is 1. The first kappa shape index (κ1) is 15.9. The van der Waals surface area contributed by atoms with E-state index in [0.717, 1.165) is 48.6 Å². The van der Waals surface area contributed by atoms with E-state index in [4.69, 9.17) is 4.74 Å². The van der Waals surface area contributed by atoms with Gasteiger partial charge in [0.05, 0.1) is 12.8 Å². The first-order chi connectivity index (χ1) is 12.2. The van der Waals surface area contributed by atoms with E-state index in [0.29, 0.717) is 5.92 Å². The number of nitrogens with one attached hydrogen (secondary N) is 1. The van der Waals surface area contributed by atoms with Gasteiger partial charge in [-0.1, -0.05) is 18.2 Å². The third kappa shape index (κ3) is 3.30. The van der Waals surface area contributed by atoms with Crippen molar-refractivity contribution in [3.05, 3.63) is 48.3 Å². The maximum absolute atomic E-state index is 12.6. The number of fused-ring (bicyclic) bond motifs is 1. The van der Waals surface area contributed by atoms with Crippen molar-refractivity contribution in [3.63, 3.8) is 0 Å². The molecule has 0 radical (unpaired) electrons. The van der Waals surface area contributed by atoms with E-state index in [9.17, 15) is 4.79 Å². The molecule has 1 saturated heterocycles. The van der Waals surface area contributed by atoms with E-state index in [1.54, 1.807) is 6.20 Å². The summed E-state index contributed by atoms with van der Waals surface area (Å²) in [6.45, 7) is 4.66. The average molecular weight is 338 g/mol. The van der Waals surface area contributed by atoms with E-state index in [1.165, 1.54) is 0 Å². The molecule has 0 spiro atoms. The number of hydrogen-bond donors (Lipinski definition) is 1. The highest BCUT2D eigenvalue weighted by Crippen LogP contribution is 2.20. The van der Waals surface area contributed by atoms with Gasteiger partial charge in [-0.25, -0.2) is 4.68 Å². The molecular weight excluding hydrogens is 316 g/mol. The van der Waals surface area contributed by atoms with E-state index in [-0.39, 0.29) is 12.5 Å². The van der Waals surface area contributed by atoms with Gasteiger partial charge in [0.25, 0.3) is 0 Å². The SMILES string of the molecule is Cc1cc2ccccc2n1CC(=O)Nc1ccnn1C[C@H]1CCOC1. The molecule has 1 aliphatic heterocycles. The number of carbonyl (C=O) groups is 1. The zero-order valence-electron chi connectivity index (χ0n) is 14.3. The van der Waals surface area contributed by atoms with E-state index >= 15 is 0 Å². The van der Waals surface area contributed by atoms with Crippen LogP contribution in [-0.2, 0) is 22.6 Å². The molecule has 1 atom stereocenters. The van der Waals surface area contributed by atoms with Crippen molar-refractivity contribution in [2.24, 2.45) is 5.92 Å². The van der Waals surface area contributed by atoms with Gasteiger partial charge in [0.2, 0.25) is 5.91 Å². The highest BCUT2D eigenvalue weighted by molar-refractivity contribution is 5.91. The van der Waals surface area contributed by atoms with Gasteiger partial charge in [-0.15, -0.1) is 0 Å². The molecule has 0 saturated carbocycles. The largest absolute Gasteiger partial charge is 0.381 e. The van der Waals surface area contributed by atoms with Crippen molar-refractivity contribution in [1.82, 2.24) is 14.3 Å². The number of hydrogen-bond acceptors (Lipinski definition) is 3. The Morgan fingerprint density at radius 2 is 2.24 bits per heavy atom. The van der Waals surface area contributed by atoms with Crippen LogP contribution in [0.1, 0.15) is 12.1 Å². The molecule has 0 unspecified atom stereocenters. The Morgan fingerprint density at radius 3 is 3.08 bits per heavy atom. The third-order valence-corrected chi connectivity index (χ3v) is 4.76. The number of aromatic nitrogens is 3. The molecule has 6 nitrogen and oxygen atoms in total. The lowest BCUT2D eigenvalue weighted by atomic mass is 10.1. The molecule has 1 aliphatic rings. The summed E-state index contributed by atoms with van der Waals surface area (Å²) in [5, 5.41) is 8.48. The summed E-state index contributed by atoms with van der Waals surface area (Å²) in [5.74, 6) is 1.16. The number of para-hydroxylation sites is 1. The monoisotopic (exact) mass is 338 g/mol. The van der Waals surface area contributed by atoms with Crippen LogP contribution >= 0.6 is 0 Å². The number of anilines is 1. The normalized spacial score (nSPS) is 17.2. The van der Waals surface area contributed by atoms with Crippen LogP contribution in [0.4, 0.5) is 5.82 Å². The standard InChI is InChI=1S/C19H22N4O2/c1-14-10-16-4-2-3-5-17(16)22(14)12-19(24)21-18-6-8-20-23(18)11-15-7-9-25-13-15/h2-6,8,10,15H,7,9,11-13H2,1H3,(H,21,24)/t15-/m1/s1. The van der Waals surface area contributed by atoms with E-state index in [2.05, 4.69) is 22.5 Å². The van der Waals surface area contributed by atoms with Crippen LogP contribution in [0.3, 0.4) is 0 Å². The van der Waals surface area contributed by atoms with Crippen LogP contribution in [-0.4, -0.2) is 33.5 Å². The molecule has 1 N–H and O–H groups in total. The number of amides is 1. The summed E-state index contributed by atoms with van der Waals surface area (Å²) in [5.41, 5.74) is 2.15. The van der Waals surface area contributed by atoms with Crippen molar-refractivity contribution >= 4 is 22.6 Å². The number of ether oxygens (including phenoxy) is 1. The van der Waals surface area contributed by atoms with Gasteiger partial charge in [0.1, 0.15) is 12.4 Å². The zero-order chi connectivity index (χ0) is 17.2. The molecule has 130 valence electrons. The van der Waals surface area contributed by atoms with Gasteiger partial charge >= 0.3 is 0 Å². The third-order valence-electron chi connectivity index (χ3n) is 4.76. The van der Waals surface area contributed by atoms with Crippen LogP contribution in [0.15, 0.2) is 42.6 Å². The molecule has 3 aromatic rings. The first-order valence-electron chi connectivity index (χ1n) is 8.65. The maximum Gasteiger partial charge on any atom is 0.245 e. The fourth-order valence-electron chi connectivity index (χ4n) is 3.44. The minimum absolute atomic E-state index is 0.0473. The van der Waals surface area contributed by atoms with Crippen molar-refractivity contribution in [3.8, 4) is 0 Å². The first-order valence-corrected chi connectivity index (χ1v) is 8.65. The average Bonchev–Trinajstić information content (AvgIpc) is 3.32. The smallest absolute Gasteiger partial charge is 0.245 e. The van der Waals surface area contributed by atoms with Gasteiger partial charge in [-0.2, -0.15) is 5.10 Å². The Labute approximate surface area is 146 Å². The second kappa shape index (κ2) is 6.72. The van der Waals surface area contributed by atoms with Crippen molar-refractivity contribution in [1.29, 1.82) is 0 Å². The number of aryl methyl sites for hydroxylation is 1. The van der Waals surface area contributed by atoms with Crippen molar-refractivity contribution in [2.45, 2.75) is 26.4 Å². The quantitative estimate of drug-likeness (QED) is 0.778. The molecule has 0 aliphatic carbocycles. The molecule has 1 amide bonds. The Bertz CT molecular complexity index is 890. The van der Waals surface area contributed by atoms with Gasteiger partial charge in [-0.3, -0.25) is 4.79 Å². The van der Waals surface area contributed by atoms with Crippen molar-refractivity contribution < 1.29 is 9.53 Å². The zero-order valence-corrected chi connectivity index (χ0v) is 14.3. The predicted molar refractivity (Wildman–Crippen MR) is 96.5 cm³/mol. The number of carbonyl (C=O) groups excluding carboxylic acids is 1. The molecule has 1 aromatic carbocycles. The lowest BCUT2D eigenvalue weighted by Gasteiger charge is -2.13. The molecule has 6 heteroatoms. The van der Waals surface area contributed by atoms with Crippen LogP contribution < -0.4 is 5.32 Å². The van der Waals surface area contributed by atoms with Gasteiger partial charge in [-0.05, 0) is 30.9 Å². The van der Waals surface area contributed by atoms with Crippen molar-refractivity contribution in [2.75, 3.05) is 18.5 Å². The van der Waals surface area contributed by atoms with Gasteiger partial charge in [0.15, 0.2) is 0 Å². The molecular formula is C19H22N4O2. The minimum Gasteiger partial charge on any atom is -0.381 e. The Balaban J connectivity index is 1.47. The molecule has 4 rings (SSSR count). The fourth-order valence-corrected chi connectivity index (χ4v) is 3.44. The highest BCUT2D eigenvalue weighted by atomic mass is 16.5. The Hall–Kier alpha value is -2.60. The number of rotatable bonds is 5. The van der Waals surface area contributed by atoms with Gasteiger partial charge < -0.3 is 14.6 Å². The summed E-state index contributed by atoms with van der Waals surface area (Å²) in [6.07, 6.45) is 2.77. The molecule has 3 heterocycles. The summed E-state index contributed by atoms with van der Waals surface area (Å²) in [7, 11) is 0. The highest BCUT2D eigenvalue weighted by Gasteiger charge is 2.18. The second-order valence-corrected chi connectivity index (χ2v) is 6.61. The molecule has 1 fully saturated rings. The predicted octanol–water partition coefficient (Wildman–Crippen LogP) is 2.82.